The predicted octanol–water partition coefficient (Wildman–Crippen LogP) is 5.34. The van der Waals surface area contributed by atoms with Crippen LogP contribution in [0.25, 0.3) is 5.69 Å². The van der Waals surface area contributed by atoms with Gasteiger partial charge in [0.15, 0.2) is 0 Å². The van der Waals surface area contributed by atoms with Crippen LogP contribution in [0.2, 0.25) is 0 Å². The van der Waals surface area contributed by atoms with Crippen molar-refractivity contribution in [1.29, 1.82) is 0 Å². The highest BCUT2D eigenvalue weighted by Crippen LogP contribution is 2.27. The van der Waals surface area contributed by atoms with Gasteiger partial charge in [-0.05, 0) is 61.9 Å². The summed E-state index contributed by atoms with van der Waals surface area (Å²) >= 11 is 0. The Kier molecular flexibility index (Phi) is 7.75. The van der Waals surface area contributed by atoms with Gasteiger partial charge in [0.2, 0.25) is 10.0 Å². The number of sulfonamides is 1. The average molecular weight is 524 g/mol. The van der Waals surface area contributed by atoms with Crippen LogP contribution in [0.4, 0.5) is 16.3 Å². The summed E-state index contributed by atoms with van der Waals surface area (Å²) in [6.45, 7) is 9.44. The van der Waals surface area contributed by atoms with E-state index >= 15 is 0 Å². The number of amides is 2. The highest BCUT2D eigenvalue weighted by atomic mass is 32.2. The molecular weight excluding hydrogens is 486 g/mol. The van der Waals surface area contributed by atoms with Gasteiger partial charge in [0.1, 0.15) is 5.82 Å². The SMILES string of the molecule is Cc1ccc(-n2nc(C(C)(C)C)cc2NC(=O)Nc2cccc(CC3CCN(S(C)(=O)=O)CC3)c2)cc1. The van der Waals surface area contributed by atoms with Crippen molar-refractivity contribution in [2.45, 2.75) is 52.4 Å². The largest absolute Gasteiger partial charge is 0.324 e. The van der Waals surface area contributed by atoms with Crippen molar-refractivity contribution < 1.29 is 13.2 Å². The van der Waals surface area contributed by atoms with E-state index in [1.165, 1.54) is 6.26 Å². The molecule has 1 fully saturated rings. The molecule has 1 aliphatic rings. The van der Waals surface area contributed by atoms with Gasteiger partial charge in [0, 0.05) is 30.3 Å². The van der Waals surface area contributed by atoms with E-state index in [0.717, 1.165) is 41.8 Å². The number of nitrogens with one attached hydrogen (secondary N) is 2. The molecular formula is C28H37N5O3S. The number of piperidine rings is 1. The standard InChI is InChI=1S/C28H37N5O3S/c1-20-9-11-24(12-10-20)33-26(19-25(31-33)28(2,3)4)30-27(34)29-23-8-6-7-22(18-23)17-21-13-15-32(16-14-21)37(5,35)36/h6-12,18-19,21H,13-17H2,1-5H3,(H2,29,30,34). The van der Waals surface area contributed by atoms with Gasteiger partial charge in [-0.2, -0.15) is 5.10 Å². The number of anilines is 2. The summed E-state index contributed by atoms with van der Waals surface area (Å²) in [7, 11) is -3.13. The van der Waals surface area contributed by atoms with E-state index in [1.54, 1.807) is 8.99 Å². The number of aryl methyl sites for hydroxylation is 1. The zero-order valence-corrected chi connectivity index (χ0v) is 23.1. The third-order valence-electron chi connectivity index (χ3n) is 6.75. The van der Waals surface area contributed by atoms with E-state index in [9.17, 15) is 13.2 Å². The Morgan fingerprint density at radius 2 is 1.70 bits per heavy atom. The van der Waals surface area contributed by atoms with Crippen molar-refractivity contribution >= 4 is 27.6 Å². The minimum Gasteiger partial charge on any atom is -0.308 e. The predicted molar refractivity (Wildman–Crippen MR) is 149 cm³/mol. The summed E-state index contributed by atoms with van der Waals surface area (Å²) < 4.78 is 26.9. The fraction of sp³-hybridized carbons (Fsp3) is 0.429. The second-order valence-corrected chi connectivity index (χ2v) is 13.0. The molecule has 0 spiro atoms. The molecule has 3 aromatic rings. The van der Waals surface area contributed by atoms with Crippen molar-refractivity contribution in [2.75, 3.05) is 30.0 Å². The highest BCUT2D eigenvalue weighted by molar-refractivity contribution is 7.88. The average Bonchev–Trinajstić information content (AvgIpc) is 3.24. The van der Waals surface area contributed by atoms with Gasteiger partial charge in [-0.1, -0.05) is 50.6 Å². The van der Waals surface area contributed by atoms with E-state index in [4.69, 9.17) is 5.10 Å². The summed E-state index contributed by atoms with van der Waals surface area (Å²) in [5.74, 6) is 1.02. The number of hydrogen-bond acceptors (Lipinski definition) is 4. The third-order valence-corrected chi connectivity index (χ3v) is 8.05. The van der Waals surface area contributed by atoms with Crippen LogP contribution < -0.4 is 10.6 Å². The Morgan fingerprint density at radius 3 is 2.32 bits per heavy atom. The molecule has 0 aliphatic carbocycles. The monoisotopic (exact) mass is 523 g/mol. The molecule has 2 amide bonds. The molecule has 2 heterocycles. The summed E-state index contributed by atoms with van der Waals surface area (Å²) in [5, 5.41) is 10.7. The molecule has 2 N–H and O–H groups in total. The number of urea groups is 1. The fourth-order valence-corrected chi connectivity index (χ4v) is 5.43. The molecule has 1 aliphatic heterocycles. The van der Waals surface area contributed by atoms with E-state index in [0.29, 0.717) is 30.5 Å². The van der Waals surface area contributed by atoms with Crippen LogP contribution in [-0.2, 0) is 21.9 Å². The van der Waals surface area contributed by atoms with Crippen molar-refractivity contribution in [3.8, 4) is 5.69 Å². The van der Waals surface area contributed by atoms with Gasteiger partial charge in [0.25, 0.3) is 0 Å². The molecule has 0 radical (unpaired) electrons. The maximum Gasteiger partial charge on any atom is 0.324 e. The summed E-state index contributed by atoms with van der Waals surface area (Å²) in [5.41, 5.74) is 4.57. The van der Waals surface area contributed by atoms with Crippen molar-refractivity contribution in [1.82, 2.24) is 14.1 Å². The number of carbonyl (C=O) groups excluding carboxylic acids is 1. The second-order valence-electron chi connectivity index (χ2n) is 11.0. The van der Waals surface area contributed by atoms with Gasteiger partial charge < -0.3 is 5.32 Å². The number of benzene rings is 2. The van der Waals surface area contributed by atoms with Gasteiger partial charge >= 0.3 is 6.03 Å². The molecule has 8 nitrogen and oxygen atoms in total. The quantitative estimate of drug-likeness (QED) is 0.456. The molecule has 0 bridgehead atoms. The zero-order valence-electron chi connectivity index (χ0n) is 22.3. The lowest BCUT2D eigenvalue weighted by Gasteiger charge is -2.30. The Labute approximate surface area is 220 Å². The number of hydrogen-bond donors (Lipinski definition) is 2. The summed E-state index contributed by atoms with van der Waals surface area (Å²) in [6.07, 6.45) is 3.80. The van der Waals surface area contributed by atoms with Crippen molar-refractivity contribution in [3.63, 3.8) is 0 Å². The lowest BCUT2D eigenvalue weighted by molar-refractivity contribution is 0.262. The first-order chi connectivity index (χ1) is 17.4. The zero-order chi connectivity index (χ0) is 26.8. The first kappa shape index (κ1) is 26.9. The van der Waals surface area contributed by atoms with Gasteiger partial charge in [0.05, 0.1) is 17.6 Å². The molecule has 198 valence electrons. The number of nitrogens with zero attached hydrogens (tertiary/aromatic N) is 3. The maximum absolute atomic E-state index is 13.0. The van der Waals surface area contributed by atoms with Gasteiger partial charge in [-0.3, -0.25) is 5.32 Å². The first-order valence-corrected chi connectivity index (χ1v) is 14.5. The fourth-order valence-electron chi connectivity index (χ4n) is 4.55. The van der Waals surface area contributed by atoms with Gasteiger partial charge in [-0.15, -0.1) is 0 Å². The normalized spacial score (nSPS) is 15.5. The Balaban J connectivity index is 1.43. The molecule has 0 unspecified atom stereocenters. The smallest absolute Gasteiger partial charge is 0.308 e. The minimum atomic E-state index is -3.13. The van der Waals surface area contributed by atoms with Crippen LogP contribution in [0.3, 0.4) is 0 Å². The highest BCUT2D eigenvalue weighted by Gasteiger charge is 2.25. The lowest BCUT2D eigenvalue weighted by atomic mass is 9.91. The van der Waals surface area contributed by atoms with E-state index in [1.807, 2.05) is 61.5 Å². The number of carbonyl (C=O) groups is 1. The van der Waals surface area contributed by atoms with E-state index < -0.39 is 10.0 Å². The Hall–Kier alpha value is -3.17. The third kappa shape index (κ3) is 6.99. The molecule has 1 saturated heterocycles. The number of rotatable bonds is 6. The van der Waals surface area contributed by atoms with Gasteiger partial charge in [-0.25, -0.2) is 22.2 Å². The van der Waals surface area contributed by atoms with Crippen molar-refractivity contribution in [3.05, 3.63) is 71.4 Å². The molecule has 0 saturated carbocycles. The number of aromatic nitrogens is 2. The minimum absolute atomic E-state index is 0.172. The summed E-state index contributed by atoms with van der Waals surface area (Å²) in [4.78, 5) is 13.0. The Morgan fingerprint density at radius 1 is 1.03 bits per heavy atom. The molecule has 37 heavy (non-hydrogen) atoms. The van der Waals surface area contributed by atoms with Crippen molar-refractivity contribution in [2.24, 2.45) is 5.92 Å². The Bertz CT molecular complexity index is 1350. The summed E-state index contributed by atoms with van der Waals surface area (Å²) in [6, 6.07) is 17.4. The molecule has 4 rings (SSSR count). The topological polar surface area (TPSA) is 96.3 Å². The van der Waals surface area contributed by atoms with Crippen LogP contribution in [0.15, 0.2) is 54.6 Å². The molecule has 0 atom stereocenters. The molecule has 9 heteroatoms. The van der Waals surface area contributed by atoms with Crippen LogP contribution in [-0.4, -0.2) is 47.9 Å². The van der Waals surface area contributed by atoms with Crippen LogP contribution in [0.5, 0.6) is 0 Å². The maximum atomic E-state index is 13.0. The second kappa shape index (κ2) is 10.7. The van der Waals surface area contributed by atoms with Crippen LogP contribution in [0, 0.1) is 12.8 Å². The first-order valence-electron chi connectivity index (χ1n) is 12.7. The van der Waals surface area contributed by atoms with E-state index in [2.05, 4.69) is 31.4 Å². The van der Waals surface area contributed by atoms with Crippen LogP contribution >= 0.6 is 0 Å². The van der Waals surface area contributed by atoms with Crippen LogP contribution in [0.1, 0.15) is 50.4 Å². The van der Waals surface area contributed by atoms with E-state index in [-0.39, 0.29) is 11.4 Å². The molecule has 1 aromatic heterocycles. The lowest BCUT2D eigenvalue weighted by Crippen LogP contribution is -2.38. The molecule has 2 aromatic carbocycles.